The quantitative estimate of drug-likeness (QED) is 0.758. The maximum Gasteiger partial charge on any atom is 0.470 e. The minimum Gasteiger partial charge on any atom is -0.450 e. The second-order valence-electron chi connectivity index (χ2n) is 3.84. The number of rotatable bonds is 1. The van der Waals surface area contributed by atoms with Crippen LogP contribution in [0.2, 0.25) is 0 Å². The summed E-state index contributed by atoms with van der Waals surface area (Å²) in [6.07, 6.45) is -4.53. The van der Waals surface area contributed by atoms with E-state index >= 15 is 0 Å². The first-order valence-corrected chi connectivity index (χ1v) is 5.01. The van der Waals surface area contributed by atoms with Crippen LogP contribution in [0, 0.1) is 13.8 Å². The normalized spacial score (nSPS) is 15.8. The first-order valence-electron chi connectivity index (χ1n) is 5.01. The monoisotopic (exact) mass is 244 g/mol. The molecule has 92 valence electrons. The molecule has 0 saturated carbocycles. The molecule has 17 heavy (non-hydrogen) atoms. The number of alkyl halides is 3. The highest BCUT2D eigenvalue weighted by Crippen LogP contribution is 2.26. The molecule has 1 aromatic rings. The fourth-order valence-corrected chi connectivity index (χ4v) is 1.45. The van der Waals surface area contributed by atoms with Gasteiger partial charge in [-0.25, -0.2) is 5.01 Å². The average Bonchev–Trinajstić information content (AvgIpc) is 2.70. The molecule has 1 heterocycles. The van der Waals surface area contributed by atoms with Crippen LogP contribution in [0.1, 0.15) is 11.1 Å². The lowest BCUT2D eigenvalue weighted by Gasteiger charge is -2.12. The number of hydrazone groups is 1. The summed E-state index contributed by atoms with van der Waals surface area (Å²) in [5.74, 6) is -1.20. The summed E-state index contributed by atoms with van der Waals surface area (Å²) in [5, 5.41) is 4.59. The van der Waals surface area contributed by atoms with E-state index in [-0.39, 0.29) is 6.73 Å². The highest BCUT2D eigenvalue weighted by Gasteiger charge is 2.42. The Morgan fingerprint density at radius 2 is 1.94 bits per heavy atom. The molecule has 0 unspecified atom stereocenters. The van der Waals surface area contributed by atoms with Crippen molar-refractivity contribution in [2.45, 2.75) is 20.0 Å². The number of nitrogens with zero attached hydrogens (tertiary/aromatic N) is 2. The Hall–Kier alpha value is -1.72. The molecule has 0 saturated heterocycles. The first-order chi connectivity index (χ1) is 7.88. The van der Waals surface area contributed by atoms with Crippen molar-refractivity contribution in [1.82, 2.24) is 0 Å². The van der Waals surface area contributed by atoms with E-state index in [0.29, 0.717) is 5.69 Å². The van der Waals surface area contributed by atoms with E-state index in [1.54, 1.807) is 12.1 Å². The SMILES string of the molecule is Cc1ccc(N2COC(C(F)(F)F)=N2)cc1C. The van der Waals surface area contributed by atoms with Crippen molar-refractivity contribution in [3.63, 3.8) is 0 Å². The maximum atomic E-state index is 12.3. The van der Waals surface area contributed by atoms with Gasteiger partial charge in [0.05, 0.1) is 5.69 Å². The Morgan fingerprint density at radius 1 is 1.24 bits per heavy atom. The molecule has 0 amide bonds. The third-order valence-corrected chi connectivity index (χ3v) is 2.57. The molecule has 1 aliphatic heterocycles. The van der Waals surface area contributed by atoms with Gasteiger partial charge in [-0.3, -0.25) is 0 Å². The summed E-state index contributed by atoms with van der Waals surface area (Å²) in [6, 6.07) is 5.34. The van der Waals surface area contributed by atoms with Gasteiger partial charge in [-0.15, -0.1) is 5.10 Å². The highest BCUT2D eigenvalue weighted by molar-refractivity contribution is 5.84. The van der Waals surface area contributed by atoms with Gasteiger partial charge in [0, 0.05) is 0 Å². The molecule has 0 N–H and O–H groups in total. The van der Waals surface area contributed by atoms with E-state index in [2.05, 4.69) is 9.84 Å². The molecule has 0 atom stereocenters. The lowest BCUT2D eigenvalue weighted by atomic mass is 10.1. The Morgan fingerprint density at radius 3 is 2.47 bits per heavy atom. The summed E-state index contributed by atoms with van der Waals surface area (Å²) in [6.45, 7) is 3.62. The smallest absolute Gasteiger partial charge is 0.450 e. The van der Waals surface area contributed by atoms with Crippen LogP contribution in [0.4, 0.5) is 18.9 Å². The number of aryl methyl sites for hydroxylation is 2. The second kappa shape index (κ2) is 3.94. The first kappa shape index (κ1) is 11.8. The van der Waals surface area contributed by atoms with Gasteiger partial charge in [-0.1, -0.05) is 6.07 Å². The standard InChI is InChI=1S/C11H11F3N2O/c1-7-3-4-9(5-8(7)2)16-6-17-10(15-16)11(12,13)14/h3-5H,6H2,1-2H3. The maximum absolute atomic E-state index is 12.3. The zero-order chi connectivity index (χ0) is 12.6. The van der Waals surface area contributed by atoms with E-state index < -0.39 is 12.1 Å². The Balaban J connectivity index is 2.25. The number of anilines is 1. The molecule has 3 nitrogen and oxygen atoms in total. The second-order valence-corrected chi connectivity index (χ2v) is 3.84. The van der Waals surface area contributed by atoms with Gasteiger partial charge in [0.1, 0.15) is 0 Å². The van der Waals surface area contributed by atoms with E-state index in [1.807, 2.05) is 19.9 Å². The van der Waals surface area contributed by atoms with E-state index in [1.165, 1.54) is 5.01 Å². The Bertz CT molecular complexity index is 468. The number of hydrogen-bond acceptors (Lipinski definition) is 3. The summed E-state index contributed by atoms with van der Waals surface area (Å²) < 4.78 is 41.4. The van der Waals surface area contributed by atoms with Crippen LogP contribution in [0.15, 0.2) is 23.3 Å². The fraction of sp³-hybridized carbons (Fsp3) is 0.364. The summed E-state index contributed by atoms with van der Waals surface area (Å²) in [5.41, 5.74) is 2.67. The molecule has 2 rings (SSSR count). The van der Waals surface area contributed by atoms with Gasteiger partial charge in [0.2, 0.25) is 0 Å². The molecule has 0 bridgehead atoms. The van der Waals surface area contributed by atoms with Crippen LogP contribution < -0.4 is 5.01 Å². The number of halogens is 3. The van der Waals surface area contributed by atoms with Crippen molar-refractivity contribution >= 4 is 11.6 Å². The van der Waals surface area contributed by atoms with Crippen LogP contribution in [-0.4, -0.2) is 18.8 Å². The van der Waals surface area contributed by atoms with Crippen molar-refractivity contribution < 1.29 is 17.9 Å². The van der Waals surface area contributed by atoms with Gasteiger partial charge < -0.3 is 4.74 Å². The number of benzene rings is 1. The van der Waals surface area contributed by atoms with E-state index in [0.717, 1.165) is 11.1 Å². The molecule has 0 aromatic heterocycles. The van der Waals surface area contributed by atoms with Crippen LogP contribution >= 0.6 is 0 Å². The molecule has 6 heteroatoms. The topological polar surface area (TPSA) is 24.8 Å². The molecular weight excluding hydrogens is 233 g/mol. The van der Waals surface area contributed by atoms with Gasteiger partial charge in [0.25, 0.3) is 0 Å². The van der Waals surface area contributed by atoms with Crippen molar-refractivity contribution in [3.8, 4) is 0 Å². The van der Waals surface area contributed by atoms with Crippen LogP contribution in [0.5, 0.6) is 0 Å². The predicted octanol–water partition coefficient (Wildman–Crippen LogP) is 2.97. The number of hydrogen-bond donors (Lipinski definition) is 0. The molecule has 0 radical (unpaired) electrons. The predicted molar refractivity (Wildman–Crippen MR) is 57.8 cm³/mol. The minimum absolute atomic E-state index is 0.211. The van der Waals surface area contributed by atoms with Crippen LogP contribution in [-0.2, 0) is 4.74 Å². The molecule has 1 aliphatic rings. The lowest BCUT2D eigenvalue weighted by molar-refractivity contribution is -0.0752. The molecule has 0 spiro atoms. The zero-order valence-corrected chi connectivity index (χ0v) is 9.38. The van der Waals surface area contributed by atoms with Gasteiger partial charge in [0.15, 0.2) is 6.73 Å². The Kier molecular flexibility index (Phi) is 2.73. The summed E-state index contributed by atoms with van der Waals surface area (Å²) in [7, 11) is 0. The lowest BCUT2D eigenvalue weighted by Crippen LogP contribution is -2.22. The molecule has 1 aromatic carbocycles. The molecular formula is C11H11F3N2O. The number of ether oxygens (including phenoxy) is 1. The largest absolute Gasteiger partial charge is 0.470 e. The Labute approximate surface area is 96.5 Å². The van der Waals surface area contributed by atoms with Gasteiger partial charge >= 0.3 is 12.1 Å². The van der Waals surface area contributed by atoms with Crippen LogP contribution in [0.3, 0.4) is 0 Å². The van der Waals surface area contributed by atoms with Gasteiger partial charge in [-0.2, -0.15) is 13.2 Å². The minimum atomic E-state index is -4.53. The highest BCUT2D eigenvalue weighted by atomic mass is 19.4. The van der Waals surface area contributed by atoms with Crippen LogP contribution in [0.25, 0.3) is 0 Å². The van der Waals surface area contributed by atoms with Crippen molar-refractivity contribution in [3.05, 3.63) is 29.3 Å². The molecule has 0 aliphatic carbocycles. The summed E-state index contributed by atoms with van der Waals surface area (Å²) in [4.78, 5) is 0. The average molecular weight is 244 g/mol. The fourth-order valence-electron chi connectivity index (χ4n) is 1.45. The van der Waals surface area contributed by atoms with Gasteiger partial charge in [-0.05, 0) is 37.1 Å². The van der Waals surface area contributed by atoms with Crippen molar-refractivity contribution in [1.29, 1.82) is 0 Å². The van der Waals surface area contributed by atoms with E-state index in [4.69, 9.17) is 0 Å². The third kappa shape index (κ3) is 2.35. The van der Waals surface area contributed by atoms with E-state index in [9.17, 15) is 13.2 Å². The summed E-state index contributed by atoms with van der Waals surface area (Å²) >= 11 is 0. The van der Waals surface area contributed by atoms with Crippen molar-refractivity contribution in [2.24, 2.45) is 5.10 Å². The zero-order valence-electron chi connectivity index (χ0n) is 9.38. The third-order valence-electron chi connectivity index (χ3n) is 2.57. The van der Waals surface area contributed by atoms with Crippen molar-refractivity contribution in [2.75, 3.05) is 11.7 Å². The molecule has 0 fully saturated rings.